The van der Waals surface area contributed by atoms with Gasteiger partial charge < -0.3 is 4.74 Å². The molecular weight excluding hydrogens is 214 g/mol. The lowest BCUT2D eigenvalue weighted by Crippen LogP contribution is -2.49. The summed E-state index contributed by atoms with van der Waals surface area (Å²) in [6.07, 6.45) is 3.95. The number of ether oxygens (including phenoxy) is 1. The number of hydrogen-bond acceptors (Lipinski definition) is 3. The Bertz CT molecular complexity index is 282. The second-order valence-electron chi connectivity index (χ2n) is 6.64. The van der Waals surface area contributed by atoms with Gasteiger partial charge in [-0.2, -0.15) is 0 Å². The molecule has 0 amide bonds. The quantitative estimate of drug-likeness (QED) is 0.756. The van der Waals surface area contributed by atoms with Gasteiger partial charge in [0.15, 0.2) is 5.78 Å². The molecule has 3 nitrogen and oxygen atoms in total. The number of nitrogens with zero attached hydrogens (tertiary/aromatic N) is 1. The van der Waals surface area contributed by atoms with Crippen molar-refractivity contribution in [2.75, 3.05) is 19.7 Å². The van der Waals surface area contributed by atoms with Gasteiger partial charge in [0, 0.05) is 19.0 Å². The number of rotatable bonds is 3. The van der Waals surface area contributed by atoms with E-state index >= 15 is 0 Å². The molecule has 0 aliphatic carbocycles. The fourth-order valence-corrected chi connectivity index (χ4v) is 2.67. The number of hydrogen-bond donors (Lipinski definition) is 0. The average Bonchev–Trinajstić information content (AvgIpc) is 2.71. The summed E-state index contributed by atoms with van der Waals surface area (Å²) in [4.78, 5) is 14.5. The van der Waals surface area contributed by atoms with Gasteiger partial charge in [-0.3, -0.25) is 9.69 Å². The third-order valence-electron chi connectivity index (χ3n) is 3.87. The molecule has 2 aliphatic heterocycles. The lowest BCUT2D eigenvalue weighted by molar-refractivity contribution is -0.138. The Labute approximate surface area is 105 Å². The zero-order valence-corrected chi connectivity index (χ0v) is 11.4. The molecule has 2 aliphatic rings. The minimum atomic E-state index is -0.160. The summed E-state index contributed by atoms with van der Waals surface area (Å²) in [7, 11) is 0. The Morgan fingerprint density at radius 1 is 1.41 bits per heavy atom. The zero-order valence-electron chi connectivity index (χ0n) is 11.4. The fourth-order valence-electron chi connectivity index (χ4n) is 2.67. The van der Waals surface area contributed by atoms with Crippen LogP contribution in [-0.4, -0.2) is 42.5 Å². The maximum atomic E-state index is 12.1. The summed E-state index contributed by atoms with van der Waals surface area (Å²) >= 11 is 0. The number of carbonyl (C=O) groups excluding carboxylic acids is 1. The highest BCUT2D eigenvalue weighted by molar-refractivity contribution is 5.83. The smallest absolute Gasteiger partial charge is 0.162 e. The second kappa shape index (κ2) is 5.07. The van der Waals surface area contributed by atoms with E-state index in [-0.39, 0.29) is 11.5 Å². The van der Waals surface area contributed by atoms with Crippen LogP contribution in [0.25, 0.3) is 0 Å². The molecule has 2 rings (SSSR count). The molecule has 2 unspecified atom stereocenters. The lowest BCUT2D eigenvalue weighted by Gasteiger charge is -2.34. The van der Waals surface area contributed by atoms with Crippen molar-refractivity contribution in [3.05, 3.63) is 0 Å². The van der Waals surface area contributed by atoms with Gasteiger partial charge in [-0.1, -0.05) is 20.8 Å². The van der Waals surface area contributed by atoms with Gasteiger partial charge in [0.1, 0.15) is 6.10 Å². The number of morpholine rings is 1. The molecule has 98 valence electrons. The molecule has 0 aromatic carbocycles. The predicted molar refractivity (Wildman–Crippen MR) is 68.0 cm³/mol. The first-order chi connectivity index (χ1) is 7.96. The number of Topliss-reactive ketones (excluding diaryl/α,β-unsaturated/α-hetero) is 1. The normalized spacial score (nSPS) is 30.3. The van der Waals surface area contributed by atoms with E-state index in [1.54, 1.807) is 0 Å². The van der Waals surface area contributed by atoms with Gasteiger partial charge >= 0.3 is 0 Å². The minimum absolute atomic E-state index is 0.160. The van der Waals surface area contributed by atoms with Crippen LogP contribution in [0.15, 0.2) is 0 Å². The Morgan fingerprint density at radius 2 is 2.18 bits per heavy atom. The van der Waals surface area contributed by atoms with Crippen molar-refractivity contribution >= 4 is 5.78 Å². The van der Waals surface area contributed by atoms with Gasteiger partial charge in [-0.15, -0.1) is 0 Å². The highest BCUT2D eigenvalue weighted by atomic mass is 16.5. The van der Waals surface area contributed by atoms with Crippen LogP contribution in [0.5, 0.6) is 0 Å². The van der Waals surface area contributed by atoms with E-state index < -0.39 is 0 Å². The first kappa shape index (κ1) is 13.0. The molecule has 0 N–H and O–H groups in total. The molecular formula is C14H25NO2. The molecule has 17 heavy (non-hydrogen) atoms. The van der Waals surface area contributed by atoms with E-state index in [4.69, 9.17) is 4.74 Å². The molecule has 0 radical (unpaired) electrons. The van der Waals surface area contributed by atoms with Crippen molar-refractivity contribution in [3.63, 3.8) is 0 Å². The molecule has 2 atom stereocenters. The monoisotopic (exact) mass is 239 g/mol. The standard InChI is InChI=1S/C14H25NO2/c1-14(2,3)7-6-12(16)13-9-15-8-4-5-11(15)10-17-13/h11,13H,4-10H2,1-3H3. The molecule has 0 aromatic rings. The summed E-state index contributed by atoms with van der Waals surface area (Å²) in [5.41, 5.74) is 0.237. The summed E-state index contributed by atoms with van der Waals surface area (Å²) in [6, 6.07) is 0.585. The maximum Gasteiger partial charge on any atom is 0.162 e. The van der Waals surface area contributed by atoms with Crippen LogP contribution in [0.4, 0.5) is 0 Å². The van der Waals surface area contributed by atoms with Crippen LogP contribution in [0.2, 0.25) is 0 Å². The van der Waals surface area contributed by atoms with Crippen LogP contribution >= 0.6 is 0 Å². The second-order valence-corrected chi connectivity index (χ2v) is 6.64. The Balaban J connectivity index is 1.80. The predicted octanol–water partition coefficient (Wildman–Crippen LogP) is 2.25. The van der Waals surface area contributed by atoms with Crippen molar-refractivity contribution in [2.24, 2.45) is 5.41 Å². The van der Waals surface area contributed by atoms with Crippen LogP contribution < -0.4 is 0 Å². The zero-order chi connectivity index (χ0) is 12.5. The Hall–Kier alpha value is -0.410. The molecule has 0 saturated carbocycles. The van der Waals surface area contributed by atoms with Crippen LogP contribution in [0.3, 0.4) is 0 Å². The van der Waals surface area contributed by atoms with E-state index in [2.05, 4.69) is 25.7 Å². The molecule has 0 bridgehead atoms. The third kappa shape index (κ3) is 3.52. The number of ketones is 1. The van der Waals surface area contributed by atoms with E-state index in [1.807, 2.05) is 0 Å². The highest BCUT2D eigenvalue weighted by Gasteiger charge is 2.35. The van der Waals surface area contributed by atoms with E-state index in [0.29, 0.717) is 18.2 Å². The lowest BCUT2D eigenvalue weighted by atomic mass is 9.88. The number of fused-ring (bicyclic) bond motifs is 1. The van der Waals surface area contributed by atoms with Crippen molar-refractivity contribution in [3.8, 4) is 0 Å². The van der Waals surface area contributed by atoms with Crippen molar-refractivity contribution in [1.29, 1.82) is 0 Å². The van der Waals surface area contributed by atoms with Crippen molar-refractivity contribution < 1.29 is 9.53 Å². The molecule has 2 fully saturated rings. The van der Waals surface area contributed by atoms with Gasteiger partial charge in [0.05, 0.1) is 6.61 Å². The molecule has 3 heteroatoms. The van der Waals surface area contributed by atoms with Crippen molar-refractivity contribution in [1.82, 2.24) is 4.90 Å². The average molecular weight is 239 g/mol. The van der Waals surface area contributed by atoms with E-state index in [9.17, 15) is 4.79 Å². The molecule has 0 aromatic heterocycles. The largest absolute Gasteiger partial charge is 0.367 e. The van der Waals surface area contributed by atoms with Crippen molar-refractivity contribution in [2.45, 2.75) is 58.6 Å². The van der Waals surface area contributed by atoms with Gasteiger partial charge in [-0.25, -0.2) is 0 Å². The first-order valence-corrected chi connectivity index (χ1v) is 6.84. The van der Waals surface area contributed by atoms with E-state index in [1.165, 1.54) is 12.8 Å². The topological polar surface area (TPSA) is 29.5 Å². The summed E-state index contributed by atoms with van der Waals surface area (Å²) < 4.78 is 5.73. The number of carbonyl (C=O) groups is 1. The summed E-state index contributed by atoms with van der Waals surface area (Å²) in [5.74, 6) is 0.297. The third-order valence-corrected chi connectivity index (χ3v) is 3.87. The van der Waals surface area contributed by atoms with Crippen LogP contribution in [-0.2, 0) is 9.53 Å². The Morgan fingerprint density at radius 3 is 2.88 bits per heavy atom. The SMILES string of the molecule is CC(C)(C)CCC(=O)C1CN2CCCC2CO1. The van der Waals surface area contributed by atoms with E-state index in [0.717, 1.165) is 26.1 Å². The van der Waals surface area contributed by atoms with Crippen LogP contribution in [0.1, 0.15) is 46.5 Å². The van der Waals surface area contributed by atoms with Gasteiger partial charge in [0.2, 0.25) is 0 Å². The highest BCUT2D eigenvalue weighted by Crippen LogP contribution is 2.25. The minimum Gasteiger partial charge on any atom is -0.367 e. The molecule has 2 heterocycles. The van der Waals surface area contributed by atoms with Gasteiger partial charge in [0.25, 0.3) is 0 Å². The summed E-state index contributed by atoms with van der Waals surface area (Å²) in [6.45, 7) is 9.27. The fraction of sp³-hybridized carbons (Fsp3) is 0.929. The maximum absolute atomic E-state index is 12.1. The Kier molecular flexibility index (Phi) is 3.88. The molecule has 2 saturated heterocycles. The molecule has 0 spiro atoms. The van der Waals surface area contributed by atoms with Crippen LogP contribution in [0, 0.1) is 5.41 Å². The van der Waals surface area contributed by atoms with Gasteiger partial charge in [-0.05, 0) is 31.2 Å². The first-order valence-electron chi connectivity index (χ1n) is 6.84. The summed E-state index contributed by atoms with van der Waals surface area (Å²) in [5, 5.41) is 0.